The van der Waals surface area contributed by atoms with Crippen molar-refractivity contribution < 1.29 is 13.2 Å². The molecule has 5 nitrogen and oxygen atoms in total. The SMILES string of the molecule is Cc1cc(I)ccc1NC(=O)CN1CCCS1(=O)=O. The van der Waals surface area contributed by atoms with Crippen LogP contribution < -0.4 is 5.32 Å². The molecule has 2 rings (SSSR count). The molecule has 0 spiro atoms. The van der Waals surface area contributed by atoms with Gasteiger partial charge < -0.3 is 5.32 Å². The predicted octanol–water partition coefficient (Wildman–Crippen LogP) is 1.57. The van der Waals surface area contributed by atoms with E-state index >= 15 is 0 Å². The largest absolute Gasteiger partial charge is 0.325 e. The van der Waals surface area contributed by atoms with Gasteiger partial charge in [-0.15, -0.1) is 0 Å². The van der Waals surface area contributed by atoms with Gasteiger partial charge in [0.15, 0.2) is 0 Å². The first-order chi connectivity index (χ1) is 8.88. The molecule has 1 N–H and O–H groups in total. The fraction of sp³-hybridized carbons (Fsp3) is 0.417. The quantitative estimate of drug-likeness (QED) is 0.792. The van der Waals surface area contributed by atoms with Crippen LogP contribution in [0.25, 0.3) is 0 Å². The van der Waals surface area contributed by atoms with Crippen molar-refractivity contribution in [2.45, 2.75) is 13.3 Å². The number of carbonyl (C=O) groups is 1. The molecule has 1 aliphatic heterocycles. The number of hydrogen-bond acceptors (Lipinski definition) is 3. The number of hydrogen-bond donors (Lipinski definition) is 1. The molecule has 1 heterocycles. The van der Waals surface area contributed by atoms with Crippen molar-refractivity contribution in [1.29, 1.82) is 0 Å². The number of amides is 1. The van der Waals surface area contributed by atoms with E-state index in [0.717, 1.165) is 14.8 Å². The number of halogens is 1. The predicted molar refractivity (Wildman–Crippen MR) is 82.5 cm³/mol. The van der Waals surface area contributed by atoms with Crippen LogP contribution in [-0.2, 0) is 14.8 Å². The Balaban J connectivity index is 2.02. The minimum atomic E-state index is -3.22. The maximum absolute atomic E-state index is 11.9. The highest BCUT2D eigenvalue weighted by Crippen LogP contribution is 2.18. The zero-order valence-electron chi connectivity index (χ0n) is 10.5. The molecule has 19 heavy (non-hydrogen) atoms. The van der Waals surface area contributed by atoms with E-state index < -0.39 is 10.0 Å². The second kappa shape index (κ2) is 5.76. The summed E-state index contributed by atoms with van der Waals surface area (Å²) >= 11 is 2.20. The van der Waals surface area contributed by atoms with E-state index in [1.54, 1.807) is 0 Å². The molecule has 0 aliphatic carbocycles. The average Bonchev–Trinajstić information content (AvgIpc) is 2.62. The zero-order valence-corrected chi connectivity index (χ0v) is 13.5. The third kappa shape index (κ3) is 3.67. The first-order valence-electron chi connectivity index (χ1n) is 5.92. The molecule has 1 aromatic carbocycles. The van der Waals surface area contributed by atoms with Crippen LogP contribution >= 0.6 is 22.6 Å². The van der Waals surface area contributed by atoms with Crippen molar-refractivity contribution in [3.05, 3.63) is 27.3 Å². The Morgan fingerprint density at radius 3 is 2.79 bits per heavy atom. The summed E-state index contributed by atoms with van der Waals surface area (Å²) in [6.07, 6.45) is 0.595. The van der Waals surface area contributed by atoms with Crippen LogP contribution in [0.3, 0.4) is 0 Å². The van der Waals surface area contributed by atoms with Gasteiger partial charge in [-0.3, -0.25) is 4.79 Å². The summed E-state index contributed by atoms with van der Waals surface area (Å²) < 4.78 is 25.5. The first kappa shape index (κ1) is 14.7. The van der Waals surface area contributed by atoms with Crippen molar-refractivity contribution >= 4 is 44.2 Å². The van der Waals surface area contributed by atoms with Crippen LogP contribution in [0.2, 0.25) is 0 Å². The van der Waals surface area contributed by atoms with E-state index in [4.69, 9.17) is 0 Å². The topological polar surface area (TPSA) is 66.5 Å². The number of nitrogens with one attached hydrogen (secondary N) is 1. The molecule has 1 saturated heterocycles. The molecule has 1 fully saturated rings. The summed E-state index contributed by atoms with van der Waals surface area (Å²) in [5, 5.41) is 2.75. The van der Waals surface area contributed by atoms with Gasteiger partial charge >= 0.3 is 0 Å². The molecular formula is C12H15IN2O3S. The summed E-state index contributed by atoms with van der Waals surface area (Å²) in [6, 6.07) is 5.69. The fourth-order valence-electron chi connectivity index (χ4n) is 1.99. The lowest BCUT2D eigenvalue weighted by molar-refractivity contribution is -0.116. The zero-order chi connectivity index (χ0) is 14.0. The van der Waals surface area contributed by atoms with Gasteiger partial charge in [0.2, 0.25) is 15.9 Å². The summed E-state index contributed by atoms with van der Waals surface area (Å²) in [4.78, 5) is 11.9. The maximum atomic E-state index is 11.9. The number of aryl methyl sites for hydroxylation is 1. The van der Waals surface area contributed by atoms with Crippen molar-refractivity contribution in [3.63, 3.8) is 0 Å². The smallest absolute Gasteiger partial charge is 0.239 e. The van der Waals surface area contributed by atoms with Gasteiger partial charge in [-0.05, 0) is 59.7 Å². The standard InChI is InChI=1S/C12H15IN2O3S/c1-9-7-10(13)3-4-11(9)14-12(16)8-15-5-2-6-19(15,17)18/h3-4,7H,2,5-6,8H2,1H3,(H,14,16). The highest BCUT2D eigenvalue weighted by atomic mass is 127. The first-order valence-corrected chi connectivity index (χ1v) is 8.61. The molecule has 104 valence electrons. The molecule has 0 unspecified atom stereocenters. The lowest BCUT2D eigenvalue weighted by Crippen LogP contribution is -2.34. The van der Waals surface area contributed by atoms with Gasteiger partial charge in [0.05, 0.1) is 12.3 Å². The number of benzene rings is 1. The number of carbonyl (C=O) groups excluding carboxylic acids is 1. The van der Waals surface area contributed by atoms with Gasteiger partial charge in [-0.1, -0.05) is 0 Å². The Kier molecular flexibility index (Phi) is 4.46. The summed E-state index contributed by atoms with van der Waals surface area (Å²) in [5.74, 6) is -0.155. The van der Waals surface area contributed by atoms with Crippen LogP contribution in [0.5, 0.6) is 0 Å². The molecule has 0 saturated carbocycles. The fourth-order valence-corrected chi connectivity index (χ4v) is 4.11. The monoisotopic (exact) mass is 394 g/mol. The minimum Gasteiger partial charge on any atom is -0.325 e. The van der Waals surface area contributed by atoms with E-state index in [-0.39, 0.29) is 18.2 Å². The molecule has 1 amide bonds. The van der Waals surface area contributed by atoms with E-state index in [1.165, 1.54) is 4.31 Å². The molecule has 0 atom stereocenters. The minimum absolute atomic E-state index is 0.103. The normalized spacial score (nSPS) is 18.4. The number of sulfonamides is 1. The Labute approximate surface area is 126 Å². The Morgan fingerprint density at radius 2 is 2.21 bits per heavy atom. The number of nitrogens with zero attached hydrogens (tertiary/aromatic N) is 1. The van der Waals surface area contributed by atoms with Gasteiger partial charge in [0.1, 0.15) is 0 Å². The van der Waals surface area contributed by atoms with Crippen molar-refractivity contribution in [1.82, 2.24) is 4.31 Å². The molecule has 0 radical (unpaired) electrons. The van der Waals surface area contributed by atoms with Crippen LogP contribution in [0.4, 0.5) is 5.69 Å². The molecule has 0 bridgehead atoms. The highest BCUT2D eigenvalue weighted by molar-refractivity contribution is 14.1. The van der Waals surface area contributed by atoms with Crippen molar-refractivity contribution in [2.75, 3.05) is 24.2 Å². The van der Waals surface area contributed by atoms with Gasteiger partial charge in [0, 0.05) is 15.8 Å². The van der Waals surface area contributed by atoms with Crippen molar-refractivity contribution in [3.8, 4) is 0 Å². The molecule has 1 aromatic rings. The number of anilines is 1. The third-order valence-electron chi connectivity index (χ3n) is 2.99. The second-order valence-electron chi connectivity index (χ2n) is 4.51. The molecule has 1 aliphatic rings. The van der Waals surface area contributed by atoms with Crippen LogP contribution in [0, 0.1) is 10.5 Å². The lowest BCUT2D eigenvalue weighted by atomic mass is 10.2. The molecular weight excluding hydrogens is 379 g/mol. The summed E-state index contributed by atoms with van der Waals surface area (Å²) in [6.45, 7) is 2.24. The van der Waals surface area contributed by atoms with E-state index in [9.17, 15) is 13.2 Å². The second-order valence-corrected chi connectivity index (χ2v) is 7.84. The number of rotatable bonds is 3. The van der Waals surface area contributed by atoms with E-state index in [2.05, 4.69) is 27.9 Å². The van der Waals surface area contributed by atoms with Gasteiger partial charge in [-0.25, -0.2) is 8.42 Å². The maximum Gasteiger partial charge on any atom is 0.239 e. The van der Waals surface area contributed by atoms with Crippen LogP contribution in [0.1, 0.15) is 12.0 Å². The highest BCUT2D eigenvalue weighted by Gasteiger charge is 2.29. The lowest BCUT2D eigenvalue weighted by Gasteiger charge is -2.14. The van der Waals surface area contributed by atoms with Crippen molar-refractivity contribution in [2.24, 2.45) is 0 Å². The Bertz CT molecular complexity index is 601. The van der Waals surface area contributed by atoms with Gasteiger partial charge in [0.25, 0.3) is 0 Å². The third-order valence-corrected chi connectivity index (χ3v) is 5.56. The average molecular weight is 394 g/mol. The summed E-state index contributed by atoms with van der Waals surface area (Å²) in [5.41, 5.74) is 1.69. The Morgan fingerprint density at radius 1 is 1.47 bits per heavy atom. The Hall–Kier alpha value is -0.670. The van der Waals surface area contributed by atoms with E-state index in [1.807, 2.05) is 25.1 Å². The molecule has 7 heteroatoms. The van der Waals surface area contributed by atoms with Gasteiger partial charge in [-0.2, -0.15) is 4.31 Å². The van der Waals surface area contributed by atoms with Crippen LogP contribution in [-0.4, -0.2) is 37.5 Å². The molecule has 0 aromatic heterocycles. The van der Waals surface area contributed by atoms with E-state index in [0.29, 0.717) is 13.0 Å². The van der Waals surface area contributed by atoms with Crippen LogP contribution in [0.15, 0.2) is 18.2 Å². The summed E-state index contributed by atoms with van der Waals surface area (Å²) in [7, 11) is -3.22.